The van der Waals surface area contributed by atoms with Gasteiger partial charge in [0.25, 0.3) is 5.92 Å². The number of carbonyl (C=O) groups excluding carboxylic acids is 1. The lowest BCUT2D eigenvalue weighted by atomic mass is 9.68. The summed E-state index contributed by atoms with van der Waals surface area (Å²) in [4.78, 5) is 19.1. The predicted molar refractivity (Wildman–Crippen MR) is 90.4 cm³/mol. The largest absolute Gasteiger partial charge is 0.552 e. The first-order valence-electron chi connectivity index (χ1n) is 8.63. The summed E-state index contributed by atoms with van der Waals surface area (Å²) < 4.78 is 31.4. The Balaban J connectivity index is 1.34. The maximum atomic E-state index is 13.0. The summed E-state index contributed by atoms with van der Waals surface area (Å²) in [6, 6.07) is 1.79. The minimum atomic E-state index is -2.84. The molecule has 0 radical (unpaired) electrons. The van der Waals surface area contributed by atoms with Crippen molar-refractivity contribution in [2.24, 2.45) is 11.8 Å². The third-order valence-corrected chi connectivity index (χ3v) is 5.48. The normalized spacial score (nSPS) is 28.7. The Hall–Kier alpha value is -2.42. The van der Waals surface area contributed by atoms with Crippen molar-refractivity contribution in [2.75, 3.05) is 0 Å². The van der Waals surface area contributed by atoms with Crippen molar-refractivity contribution in [1.29, 1.82) is 0 Å². The topological polar surface area (TPSA) is 87.2 Å². The molecule has 3 heterocycles. The second-order valence-corrected chi connectivity index (χ2v) is 7.26. The standard InChI is InChI=1S/C17H16BF2N3O3/c19-17(20)5-12(17)16(24)23-9-3-8(4-9)11-6-18(25)26-13-7-22-15-10(14(11)13)1-2-21-15/h1-2,6-9,12,25H,3-5H2,(H,21,22)(H,23,24)/t8-,9+,12?. The van der Waals surface area contributed by atoms with Crippen molar-refractivity contribution < 1.29 is 23.3 Å². The van der Waals surface area contributed by atoms with Crippen LogP contribution in [0, 0.1) is 11.8 Å². The molecule has 9 heteroatoms. The van der Waals surface area contributed by atoms with Gasteiger partial charge in [0.2, 0.25) is 5.91 Å². The summed E-state index contributed by atoms with van der Waals surface area (Å²) in [5.41, 5.74) is 2.58. The Labute approximate surface area is 147 Å². The van der Waals surface area contributed by atoms with E-state index in [1.807, 2.05) is 6.07 Å². The minimum Gasteiger partial charge on any atom is -0.531 e. The summed E-state index contributed by atoms with van der Waals surface area (Å²) in [5, 5.41) is 13.6. The molecular weight excluding hydrogens is 343 g/mol. The number of H-pyrrole nitrogens is 1. The number of rotatable bonds is 3. The molecule has 2 aromatic rings. The van der Waals surface area contributed by atoms with E-state index in [4.69, 9.17) is 4.65 Å². The number of hydrogen-bond donors (Lipinski definition) is 3. The molecule has 6 nitrogen and oxygen atoms in total. The lowest BCUT2D eigenvalue weighted by molar-refractivity contribution is -0.125. The van der Waals surface area contributed by atoms with Gasteiger partial charge in [-0.3, -0.25) is 4.79 Å². The molecule has 0 saturated heterocycles. The number of aromatic nitrogens is 2. The third-order valence-electron chi connectivity index (χ3n) is 5.48. The molecule has 5 rings (SSSR count). The van der Waals surface area contributed by atoms with E-state index in [9.17, 15) is 18.6 Å². The van der Waals surface area contributed by atoms with Crippen LogP contribution in [0.2, 0.25) is 0 Å². The minimum absolute atomic E-state index is 0.114. The van der Waals surface area contributed by atoms with Crippen molar-refractivity contribution >= 4 is 29.6 Å². The number of fused-ring (bicyclic) bond motifs is 3. The zero-order valence-electron chi connectivity index (χ0n) is 13.7. The molecule has 0 aromatic carbocycles. The molecule has 3 N–H and O–H groups in total. The number of nitrogens with one attached hydrogen (secondary N) is 2. The number of amides is 1. The smallest absolute Gasteiger partial charge is 0.531 e. The maximum Gasteiger partial charge on any atom is 0.552 e. The van der Waals surface area contributed by atoms with Gasteiger partial charge < -0.3 is 20.0 Å². The van der Waals surface area contributed by atoms with Crippen molar-refractivity contribution in [2.45, 2.75) is 31.2 Å². The Kier molecular flexibility index (Phi) is 3.22. The van der Waals surface area contributed by atoms with E-state index < -0.39 is 24.9 Å². The van der Waals surface area contributed by atoms with Crippen LogP contribution in [0.5, 0.6) is 5.75 Å². The van der Waals surface area contributed by atoms with Crippen molar-refractivity contribution in [3.63, 3.8) is 0 Å². The van der Waals surface area contributed by atoms with Crippen LogP contribution < -0.4 is 9.97 Å². The molecule has 1 aliphatic heterocycles. The second-order valence-electron chi connectivity index (χ2n) is 7.26. The molecule has 2 fully saturated rings. The van der Waals surface area contributed by atoms with E-state index in [1.165, 1.54) is 0 Å². The molecule has 26 heavy (non-hydrogen) atoms. The fourth-order valence-electron chi connectivity index (χ4n) is 3.91. The van der Waals surface area contributed by atoms with Crippen LogP contribution in [0.15, 0.2) is 24.4 Å². The highest BCUT2D eigenvalue weighted by atomic mass is 19.3. The summed E-state index contributed by atoms with van der Waals surface area (Å²) in [6.45, 7) is 0. The quantitative estimate of drug-likeness (QED) is 0.731. The molecule has 134 valence electrons. The van der Waals surface area contributed by atoms with Crippen LogP contribution in [0.3, 0.4) is 0 Å². The number of allylic oxidation sites excluding steroid dienone is 1. The highest BCUT2D eigenvalue weighted by Gasteiger charge is 2.61. The van der Waals surface area contributed by atoms with Gasteiger partial charge in [-0.15, -0.1) is 0 Å². The number of aromatic amines is 1. The third kappa shape index (κ3) is 2.41. The van der Waals surface area contributed by atoms with Crippen molar-refractivity contribution in [3.05, 3.63) is 30.0 Å². The highest BCUT2D eigenvalue weighted by molar-refractivity contribution is 6.52. The van der Waals surface area contributed by atoms with Gasteiger partial charge in [-0.2, -0.15) is 0 Å². The zero-order chi connectivity index (χ0) is 18.1. The van der Waals surface area contributed by atoms with Gasteiger partial charge >= 0.3 is 7.12 Å². The molecule has 2 aliphatic carbocycles. The van der Waals surface area contributed by atoms with Gasteiger partial charge in [-0.1, -0.05) is 0 Å². The number of pyridine rings is 1. The van der Waals surface area contributed by atoms with Crippen LogP contribution >= 0.6 is 0 Å². The lowest BCUT2D eigenvalue weighted by Gasteiger charge is -2.39. The van der Waals surface area contributed by atoms with E-state index in [2.05, 4.69) is 15.3 Å². The molecule has 0 bridgehead atoms. The summed E-state index contributed by atoms with van der Waals surface area (Å²) in [5.74, 6) is -2.25. The summed E-state index contributed by atoms with van der Waals surface area (Å²) >= 11 is 0. The Morgan fingerprint density at radius 3 is 2.96 bits per heavy atom. The van der Waals surface area contributed by atoms with Gasteiger partial charge in [0, 0.05) is 29.6 Å². The lowest BCUT2D eigenvalue weighted by Crippen LogP contribution is -2.46. The first-order chi connectivity index (χ1) is 12.4. The molecule has 1 atom stereocenters. The Bertz CT molecular complexity index is 938. The van der Waals surface area contributed by atoms with Gasteiger partial charge in [0.05, 0.1) is 6.20 Å². The number of carbonyl (C=O) groups is 1. The van der Waals surface area contributed by atoms with Gasteiger partial charge in [-0.25, -0.2) is 13.8 Å². The van der Waals surface area contributed by atoms with E-state index in [0.717, 1.165) is 22.2 Å². The fourth-order valence-corrected chi connectivity index (χ4v) is 3.91. The Morgan fingerprint density at radius 1 is 1.46 bits per heavy atom. The monoisotopic (exact) mass is 359 g/mol. The van der Waals surface area contributed by atoms with E-state index in [-0.39, 0.29) is 18.4 Å². The summed E-state index contributed by atoms with van der Waals surface area (Å²) in [6.07, 6.45) is 4.32. The molecule has 1 amide bonds. The average Bonchev–Trinajstić information content (AvgIpc) is 2.98. The van der Waals surface area contributed by atoms with E-state index in [0.29, 0.717) is 18.6 Å². The predicted octanol–water partition coefficient (Wildman–Crippen LogP) is 1.91. The van der Waals surface area contributed by atoms with E-state index >= 15 is 0 Å². The molecule has 2 aromatic heterocycles. The SMILES string of the molecule is O=C(N[C@H]1C[C@@H](C2=CB(O)Oc3cnc4[nH]ccc4c32)C1)C1CC1(F)F. The van der Waals surface area contributed by atoms with Crippen LogP contribution in [0.4, 0.5) is 8.78 Å². The Morgan fingerprint density at radius 2 is 2.23 bits per heavy atom. The number of alkyl halides is 2. The number of halogens is 2. The van der Waals surface area contributed by atoms with Crippen molar-refractivity contribution in [1.82, 2.24) is 15.3 Å². The number of hydrogen-bond acceptors (Lipinski definition) is 4. The highest BCUT2D eigenvalue weighted by Crippen LogP contribution is 2.50. The van der Waals surface area contributed by atoms with Gasteiger partial charge in [0.1, 0.15) is 17.3 Å². The second kappa shape index (κ2) is 5.29. The molecule has 1 unspecified atom stereocenters. The van der Waals surface area contributed by atoms with Crippen LogP contribution in [0.1, 0.15) is 24.8 Å². The van der Waals surface area contributed by atoms with Crippen LogP contribution in [-0.2, 0) is 4.79 Å². The average molecular weight is 359 g/mol. The van der Waals surface area contributed by atoms with Crippen LogP contribution in [0.25, 0.3) is 16.6 Å². The van der Waals surface area contributed by atoms with Gasteiger partial charge in [-0.05, 0) is 36.4 Å². The molecule has 0 spiro atoms. The first kappa shape index (κ1) is 15.8. The van der Waals surface area contributed by atoms with E-state index in [1.54, 1.807) is 18.4 Å². The molecule has 2 saturated carbocycles. The van der Waals surface area contributed by atoms with Gasteiger partial charge in [0.15, 0.2) is 0 Å². The maximum absolute atomic E-state index is 13.0. The van der Waals surface area contributed by atoms with Crippen molar-refractivity contribution in [3.8, 4) is 5.75 Å². The number of nitrogens with zero attached hydrogens (tertiary/aromatic N) is 1. The van der Waals surface area contributed by atoms with Crippen LogP contribution in [-0.4, -0.2) is 40.0 Å². The summed E-state index contributed by atoms with van der Waals surface area (Å²) in [7, 11) is -1.05. The molecular formula is C17H16BF2N3O3. The first-order valence-corrected chi connectivity index (χ1v) is 8.63. The fraction of sp³-hybridized carbons (Fsp3) is 0.412. The molecule has 3 aliphatic rings. The zero-order valence-corrected chi connectivity index (χ0v) is 13.7.